The van der Waals surface area contributed by atoms with E-state index in [1.165, 1.54) is 6.92 Å². The number of carbonyl (C=O) groups excluding carboxylic acids is 5. The molecule has 0 heterocycles. The lowest BCUT2D eigenvalue weighted by atomic mass is 10.0. The Bertz CT molecular complexity index is 789. The maximum atomic E-state index is 12.8. The molecular weight excluding hydrogens is 412 g/mol. The van der Waals surface area contributed by atoms with Gasteiger partial charge in [-0.3, -0.25) is 19.2 Å². The summed E-state index contributed by atoms with van der Waals surface area (Å²) in [6.07, 6.45) is -6.03. The molecule has 0 amide bonds. The van der Waals surface area contributed by atoms with Gasteiger partial charge in [0.1, 0.15) is 12.7 Å². The summed E-state index contributed by atoms with van der Waals surface area (Å²) >= 11 is 0. The third-order valence-corrected chi connectivity index (χ3v) is 3.79. The molecule has 0 aliphatic rings. The predicted octanol–water partition coefficient (Wildman–Crippen LogP) is 1.48. The van der Waals surface area contributed by atoms with E-state index < -0.39 is 54.3 Å². The lowest BCUT2D eigenvalue weighted by molar-refractivity contribution is -0.203. The molecule has 0 fully saturated rings. The zero-order valence-corrected chi connectivity index (χ0v) is 18.0. The van der Waals surface area contributed by atoms with E-state index >= 15 is 0 Å². The van der Waals surface area contributed by atoms with Gasteiger partial charge in [0.05, 0.1) is 0 Å². The highest BCUT2D eigenvalue weighted by Crippen LogP contribution is 2.21. The molecule has 10 nitrogen and oxygen atoms in total. The molecule has 0 N–H and O–H groups in total. The summed E-state index contributed by atoms with van der Waals surface area (Å²) in [4.78, 5) is 59.2. The summed E-state index contributed by atoms with van der Waals surface area (Å²) in [5, 5.41) is 0. The molecule has 0 spiro atoms. The number of ether oxygens (including phenoxy) is 5. The largest absolute Gasteiger partial charge is 0.459 e. The van der Waals surface area contributed by atoms with Crippen LogP contribution in [-0.2, 0) is 54.3 Å². The normalized spacial score (nSPS) is 14.2. The Hall–Kier alpha value is -3.43. The number of rotatable bonds is 10. The Kier molecular flexibility index (Phi) is 10.2. The number of carbonyl (C=O) groups is 5. The van der Waals surface area contributed by atoms with Gasteiger partial charge in [-0.2, -0.15) is 0 Å². The minimum Gasteiger partial charge on any atom is -0.459 e. The molecule has 4 atom stereocenters. The van der Waals surface area contributed by atoms with Crippen molar-refractivity contribution in [3.63, 3.8) is 0 Å². The molecule has 10 heteroatoms. The van der Waals surface area contributed by atoms with Crippen LogP contribution in [0.4, 0.5) is 0 Å². The fourth-order valence-corrected chi connectivity index (χ4v) is 2.68. The molecule has 0 unspecified atom stereocenters. The predicted molar refractivity (Wildman–Crippen MR) is 104 cm³/mol. The fourth-order valence-electron chi connectivity index (χ4n) is 2.68. The van der Waals surface area contributed by atoms with E-state index in [2.05, 4.69) is 0 Å². The molecule has 0 aliphatic heterocycles. The van der Waals surface area contributed by atoms with E-state index in [0.717, 1.165) is 27.7 Å². The minimum atomic E-state index is -1.78. The van der Waals surface area contributed by atoms with Crippen LogP contribution in [0, 0.1) is 0 Å². The Balaban J connectivity index is 3.25. The summed E-state index contributed by atoms with van der Waals surface area (Å²) < 4.78 is 25.6. The molecule has 0 saturated carbocycles. The van der Waals surface area contributed by atoms with Crippen molar-refractivity contribution in [3.05, 3.63) is 35.9 Å². The van der Waals surface area contributed by atoms with Gasteiger partial charge in [-0.15, -0.1) is 0 Å². The van der Waals surface area contributed by atoms with Crippen LogP contribution in [0.25, 0.3) is 0 Å². The third kappa shape index (κ3) is 9.28. The maximum absolute atomic E-state index is 12.8. The zero-order chi connectivity index (χ0) is 23.6. The van der Waals surface area contributed by atoms with Gasteiger partial charge in [0.25, 0.3) is 0 Å². The Labute approximate surface area is 179 Å². The van der Waals surface area contributed by atoms with E-state index in [9.17, 15) is 24.0 Å². The van der Waals surface area contributed by atoms with Crippen molar-refractivity contribution in [2.24, 2.45) is 0 Å². The van der Waals surface area contributed by atoms with E-state index in [-0.39, 0.29) is 6.61 Å². The number of hydrogen-bond acceptors (Lipinski definition) is 10. The molecule has 0 aromatic heterocycles. The third-order valence-electron chi connectivity index (χ3n) is 3.79. The number of hydrogen-bond donors (Lipinski definition) is 0. The van der Waals surface area contributed by atoms with E-state index in [1.54, 1.807) is 30.3 Å². The quantitative estimate of drug-likeness (QED) is 0.391. The van der Waals surface area contributed by atoms with Gasteiger partial charge in [-0.1, -0.05) is 30.3 Å². The van der Waals surface area contributed by atoms with Gasteiger partial charge in [0, 0.05) is 27.7 Å². The lowest BCUT2D eigenvalue weighted by Gasteiger charge is -2.33. The van der Waals surface area contributed by atoms with E-state index in [1.807, 2.05) is 0 Å². The maximum Gasteiger partial charge on any atom is 0.351 e. The van der Waals surface area contributed by atoms with Crippen LogP contribution in [0.2, 0.25) is 0 Å². The molecule has 170 valence electrons. The molecule has 1 rings (SSSR count). The Morgan fingerprint density at radius 2 is 1.19 bits per heavy atom. The van der Waals surface area contributed by atoms with Gasteiger partial charge in [-0.05, 0) is 12.5 Å². The van der Waals surface area contributed by atoms with Crippen molar-refractivity contribution in [2.75, 3.05) is 0 Å². The second-order valence-corrected chi connectivity index (χ2v) is 6.59. The first-order chi connectivity index (χ1) is 14.5. The smallest absolute Gasteiger partial charge is 0.351 e. The van der Waals surface area contributed by atoms with Crippen molar-refractivity contribution in [2.45, 2.75) is 65.6 Å². The fraction of sp³-hybridized carbons (Fsp3) is 0.476. The highest BCUT2D eigenvalue weighted by Gasteiger charge is 2.46. The number of esters is 5. The van der Waals surface area contributed by atoms with Gasteiger partial charge in [-0.25, -0.2) is 4.79 Å². The summed E-state index contributed by atoms with van der Waals surface area (Å²) in [6.45, 7) is 5.51. The molecule has 1 aromatic carbocycles. The van der Waals surface area contributed by atoms with Crippen LogP contribution >= 0.6 is 0 Å². The van der Waals surface area contributed by atoms with Crippen LogP contribution in [0.15, 0.2) is 30.3 Å². The summed E-state index contributed by atoms with van der Waals surface area (Å²) in [5.41, 5.74) is 0.659. The molecule has 1 aromatic rings. The second kappa shape index (κ2) is 12.3. The lowest BCUT2D eigenvalue weighted by Crippen LogP contribution is -2.53. The Morgan fingerprint density at radius 1 is 0.710 bits per heavy atom. The first kappa shape index (κ1) is 25.6. The summed E-state index contributed by atoms with van der Waals surface area (Å²) in [7, 11) is 0. The summed E-state index contributed by atoms with van der Waals surface area (Å²) in [6, 6.07) is 8.69. The van der Waals surface area contributed by atoms with Crippen molar-refractivity contribution in [3.8, 4) is 0 Å². The Morgan fingerprint density at radius 3 is 1.68 bits per heavy atom. The van der Waals surface area contributed by atoms with Gasteiger partial charge >= 0.3 is 29.8 Å². The highest BCUT2D eigenvalue weighted by atomic mass is 16.6. The molecule has 0 aliphatic carbocycles. The van der Waals surface area contributed by atoms with Gasteiger partial charge < -0.3 is 23.7 Å². The van der Waals surface area contributed by atoms with Crippen LogP contribution in [-0.4, -0.2) is 54.3 Å². The van der Waals surface area contributed by atoms with Gasteiger partial charge in [0.2, 0.25) is 6.10 Å². The molecule has 31 heavy (non-hydrogen) atoms. The second-order valence-electron chi connectivity index (χ2n) is 6.59. The first-order valence-electron chi connectivity index (χ1n) is 9.40. The molecule has 0 radical (unpaired) electrons. The van der Waals surface area contributed by atoms with Crippen molar-refractivity contribution >= 4 is 29.8 Å². The highest BCUT2D eigenvalue weighted by molar-refractivity contribution is 5.80. The SMILES string of the molecule is CC(=O)O[C@H]([C@H](OC(C)=O)[C@@H](OC(C)=O)C(=O)OCc1ccccc1)[C@@H](C)OC(C)=O. The standard InChI is InChI=1S/C21H26O10/c1-12(28-13(2)22)18(29-14(3)23)19(30-15(4)24)20(31-16(5)25)21(26)27-11-17-9-7-6-8-10-17/h6-10,12,18-20H,11H2,1-5H3/t12-,18+,19+,20-/m1/s1. The van der Waals surface area contributed by atoms with Crippen LogP contribution in [0.1, 0.15) is 40.2 Å². The van der Waals surface area contributed by atoms with Crippen LogP contribution < -0.4 is 0 Å². The molecule has 0 saturated heterocycles. The van der Waals surface area contributed by atoms with E-state index in [4.69, 9.17) is 23.7 Å². The monoisotopic (exact) mass is 438 g/mol. The summed E-state index contributed by atoms with van der Waals surface area (Å²) in [5.74, 6) is -4.29. The molecule has 0 bridgehead atoms. The van der Waals surface area contributed by atoms with Crippen LogP contribution in [0.3, 0.4) is 0 Å². The van der Waals surface area contributed by atoms with Crippen molar-refractivity contribution in [1.82, 2.24) is 0 Å². The molecular formula is C21H26O10. The van der Waals surface area contributed by atoms with Gasteiger partial charge in [0.15, 0.2) is 12.2 Å². The average Bonchev–Trinajstić information content (AvgIpc) is 2.66. The van der Waals surface area contributed by atoms with Crippen molar-refractivity contribution < 1.29 is 47.7 Å². The van der Waals surface area contributed by atoms with Crippen LogP contribution in [0.5, 0.6) is 0 Å². The minimum absolute atomic E-state index is 0.151. The topological polar surface area (TPSA) is 132 Å². The van der Waals surface area contributed by atoms with E-state index in [0.29, 0.717) is 5.56 Å². The van der Waals surface area contributed by atoms with Crippen molar-refractivity contribution in [1.29, 1.82) is 0 Å². The number of benzene rings is 1. The average molecular weight is 438 g/mol. The zero-order valence-electron chi connectivity index (χ0n) is 18.0. The first-order valence-corrected chi connectivity index (χ1v) is 9.40.